The minimum absolute atomic E-state index is 0.168. The molecular formula is C18H19N3S. The van der Waals surface area contributed by atoms with E-state index < -0.39 is 0 Å². The molecule has 0 saturated carbocycles. The molecular weight excluding hydrogens is 290 g/mol. The Hall–Kier alpha value is -2.20. The van der Waals surface area contributed by atoms with Gasteiger partial charge in [-0.2, -0.15) is 0 Å². The Labute approximate surface area is 135 Å². The second-order valence-electron chi connectivity index (χ2n) is 6.23. The summed E-state index contributed by atoms with van der Waals surface area (Å²) in [4.78, 5) is 0. The third-order valence-electron chi connectivity index (χ3n) is 3.45. The lowest BCUT2D eigenvalue weighted by atomic mass is 9.87. The Kier molecular flexibility index (Phi) is 3.94. The fourth-order valence-corrected chi connectivity index (χ4v) is 2.92. The van der Waals surface area contributed by atoms with E-state index in [0.29, 0.717) is 0 Å². The average molecular weight is 309 g/mol. The second kappa shape index (κ2) is 5.89. The number of nitrogens with zero attached hydrogens (tertiary/aromatic N) is 2. The Balaban J connectivity index is 1.76. The molecule has 22 heavy (non-hydrogen) atoms. The fourth-order valence-electron chi connectivity index (χ4n) is 2.15. The summed E-state index contributed by atoms with van der Waals surface area (Å²) in [5.41, 5.74) is 3.61. The highest BCUT2D eigenvalue weighted by Crippen LogP contribution is 2.29. The average Bonchev–Trinajstić information content (AvgIpc) is 2.96. The molecule has 0 bridgehead atoms. The molecule has 0 aliphatic heterocycles. The van der Waals surface area contributed by atoms with Crippen molar-refractivity contribution in [1.82, 2.24) is 10.2 Å². The van der Waals surface area contributed by atoms with Crippen molar-refractivity contribution in [1.29, 1.82) is 0 Å². The van der Waals surface area contributed by atoms with Crippen molar-refractivity contribution in [2.45, 2.75) is 26.2 Å². The lowest BCUT2D eigenvalue weighted by Gasteiger charge is -2.19. The van der Waals surface area contributed by atoms with Gasteiger partial charge in [-0.3, -0.25) is 0 Å². The van der Waals surface area contributed by atoms with Crippen LogP contribution in [-0.4, -0.2) is 10.2 Å². The molecule has 2 aromatic carbocycles. The fraction of sp³-hybridized carbons (Fsp3) is 0.222. The maximum absolute atomic E-state index is 4.25. The quantitative estimate of drug-likeness (QED) is 0.718. The van der Waals surface area contributed by atoms with E-state index in [4.69, 9.17) is 0 Å². The third kappa shape index (κ3) is 3.34. The SMILES string of the molecule is CC(C)(C)c1ccc(Nc2nnc(-c3ccccc3)s2)cc1. The van der Waals surface area contributed by atoms with Crippen molar-refractivity contribution in [3.8, 4) is 10.6 Å². The molecule has 0 spiro atoms. The molecule has 0 aliphatic carbocycles. The predicted octanol–water partition coefficient (Wildman–Crippen LogP) is 5.25. The van der Waals surface area contributed by atoms with Crippen molar-refractivity contribution < 1.29 is 0 Å². The number of nitrogens with one attached hydrogen (secondary N) is 1. The van der Waals surface area contributed by atoms with E-state index in [2.05, 4.69) is 60.6 Å². The van der Waals surface area contributed by atoms with Gasteiger partial charge >= 0.3 is 0 Å². The van der Waals surface area contributed by atoms with Gasteiger partial charge in [-0.25, -0.2) is 0 Å². The van der Waals surface area contributed by atoms with Crippen molar-refractivity contribution in [3.63, 3.8) is 0 Å². The summed E-state index contributed by atoms with van der Waals surface area (Å²) in [6, 6.07) is 18.6. The number of anilines is 2. The summed E-state index contributed by atoms with van der Waals surface area (Å²) in [5, 5.41) is 13.5. The smallest absolute Gasteiger partial charge is 0.210 e. The van der Waals surface area contributed by atoms with E-state index in [1.54, 1.807) is 11.3 Å². The second-order valence-corrected chi connectivity index (χ2v) is 7.21. The Morgan fingerprint density at radius 1 is 0.864 bits per heavy atom. The van der Waals surface area contributed by atoms with E-state index in [1.807, 2.05) is 30.3 Å². The molecule has 0 aliphatic rings. The molecule has 0 atom stereocenters. The van der Waals surface area contributed by atoms with Gasteiger partial charge in [0.15, 0.2) is 0 Å². The van der Waals surface area contributed by atoms with Crippen LogP contribution >= 0.6 is 11.3 Å². The first-order chi connectivity index (χ1) is 10.5. The summed E-state index contributed by atoms with van der Waals surface area (Å²) in [6.07, 6.45) is 0. The summed E-state index contributed by atoms with van der Waals surface area (Å²) < 4.78 is 0. The molecule has 0 fully saturated rings. The van der Waals surface area contributed by atoms with Gasteiger partial charge in [0.05, 0.1) is 0 Å². The molecule has 1 N–H and O–H groups in total. The van der Waals surface area contributed by atoms with Gasteiger partial charge < -0.3 is 5.32 Å². The van der Waals surface area contributed by atoms with Crippen LogP contribution < -0.4 is 5.32 Å². The zero-order valence-corrected chi connectivity index (χ0v) is 13.8. The van der Waals surface area contributed by atoms with Crippen LogP contribution in [0, 0.1) is 0 Å². The van der Waals surface area contributed by atoms with Gasteiger partial charge in [-0.05, 0) is 23.1 Å². The third-order valence-corrected chi connectivity index (χ3v) is 4.34. The summed E-state index contributed by atoms with van der Waals surface area (Å²) in [5.74, 6) is 0. The Bertz CT molecular complexity index is 740. The lowest BCUT2D eigenvalue weighted by molar-refractivity contribution is 0.590. The maximum Gasteiger partial charge on any atom is 0.210 e. The molecule has 3 nitrogen and oxygen atoms in total. The first kappa shape index (κ1) is 14.7. The van der Waals surface area contributed by atoms with E-state index in [9.17, 15) is 0 Å². The highest BCUT2D eigenvalue weighted by molar-refractivity contribution is 7.18. The monoisotopic (exact) mass is 309 g/mol. The van der Waals surface area contributed by atoms with Crippen LogP contribution in [-0.2, 0) is 5.41 Å². The molecule has 0 radical (unpaired) electrons. The molecule has 0 amide bonds. The van der Waals surface area contributed by atoms with E-state index >= 15 is 0 Å². The van der Waals surface area contributed by atoms with Gasteiger partial charge in [0.1, 0.15) is 5.01 Å². The molecule has 1 heterocycles. The van der Waals surface area contributed by atoms with Crippen LogP contribution in [0.25, 0.3) is 10.6 Å². The minimum atomic E-state index is 0.168. The number of aromatic nitrogens is 2. The van der Waals surface area contributed by atoms with Crippen LogP contribution in [0.5, 0.6) is 0 Å². The van der Waals surface area contributed by atoms with E-state index in [0.717, 1.165) is 21.4 Å². The number of benzene rings is 2. The number of hydrogen-bond donors (Lipinski definition) is 1. The Morgan fingerprint density at radius 2 is 1.55 bits per heavy atom. The zero-order valence-electron chi connectivity index (χ0n) is 13.0. The predicted molar refractivity (Wildman–Crippen MR) is 93.8 cm³/mol. The van der Waals surface area contributed by atoms with E-state index in [-0.39, 0.29) is 5.41 Å². The largest absolute Gasteiger partial charge is 0.330 e. The first-order valence-corrected chi connectivity index (χ1v) is 8.10. The first-order valence-electron chi connectivity index (χ1n) is 7.29. The molecule has 112 valence electrons. The summed E-state index contributed by atoms with van der Waals surface area (Å²) >= 11 is 1.56. The number of rotatable bonds is 3. The summed E-state index contributed by atoms with van der Waals surface area (Å²) in [7, 11) is 0. The zero-order chi connectivity index (χ0) is 15.6. The molecule has 0 saturated heterocycles. The normalized spacial score (nSPS) is 11.4. The standard InChI is InChI=1S/C18H19N3S/c1-18(2,3)14-9-11-15(12-10-14)19-17-21-20-16(22-17)13-7-5-4-6-8-13/h4-12H,1-3H3,(H,19,21). The van der Waals surface area contributed by atoms with Gasteiger partial charge in [-0.15, -0.1) is 10.2 Å². The highest BCUT2D eigenvalue weighted by Gasteiger charge is 2.13. The van der Waals surface area contributed by atoms with Crippen molar-refractivity contribution in [2.75, 3.05) is 5.32 Å². The lowest BCUT2D eigenvalue weighted by Crippen LogP contribution is -2.10. The molecule has 0 unspecified atom stereocenters. The maximum atomic E-state index is 4.25. The van der Waals surface area contributed by atoms with Crippen LogP contribution in [0.2, 0.25) is 0 Å². The van der Waals surface area contributed by atoms with Crippen LogP contribution in [0.1, 0.15) is 26.3 Å². The Morgan fingerprint density at radius 3 is 2.18 bits per heavy atom. The molecule has 1 aromatic heterocycles. The van der Waals surface area contributed by atoms with Crippen molar-refractivity contribution in [3.05, 3.63) is 60.2 Å². The van der Waals surface area contributed by atoms with Crippen LogP contribution in [0.15, 0.2) is 54.6 Å². The topological polar surface area (TPSA) is 37.8 Å². The van der Waals surface area contributed by atoms with Crippen LogP contribution in [0.3, 0.4) is 0 Å². The van der Waals surface area contributed by atoms with Gasteiger partial charge in [0.25, 0.3) is 0 Å². The van der Waals surface area contributed by atoms with E-state index in [1.165, 1.54) is 5.56 Å². The van der Waals surface area contributed by atoms with Gasteiger partial charge in [0, 0.05) is 11.3 Å². The minimum Gasteiger partial charge on any atom is -0.330 e. The van der Waals surface area contributed by atoms with Crippen molar-refractivity contribution in [2.24, 2.45) is 0 Å². The molecule has 3 aromatic rings. The number of hydrogen-bond acceptors (Lipinski definition) is 4. The van der Waals surface area contributed by atoms with Gasteiger partial charge in [-0.1, -0.05) is 74.6 Å². The van der Waals surface area contributed by atoms with Crippen LogP contribution in [0.4, 0.5) is 10.8 Å². The molecule has 4 heteroatoms. The van der Waals surface area contributed by atoms with Crippen molar-refractivity contribution >= 4 is 22.2 Å². The molecule has 3 rings (SSSR count). The summed E-state index contributed by atoms with van der Waals surface area (Å²) in [6.45, 7) is 6.64. The highest BCUT2D eigenvalue weighted by atomic mass is 32.1. The van der Waals surface area contributed by atoms with Gasteiger partial charge in [0.2, 0.25) is 5.13 Å².